The first-order chi connectivity index (χ1) is 8.33. The SMILES string of the molecule is CO[C@@H]1CCCCC[C@@]1(OC)c1ccccc1. The van der Waals surface area contributed by atoms with E-state index in [9.17, 15) is 0 Å². The number of hydrogen-bond donors (Lipinski definition) is 0. The van der Waals surface area contributed by atoms with Gasteiger partial charge in [-0.15, -0.1) is 0 Å². The van der Waals surface area contributed by atoms with E-state index in [-0.39, 0.29) is 11.7 Å². The summed E-state index contributed by atoms with van der Waals surface area (Å²) in [6, 6.07) is 10.5. The second-order valence-electron chi connectivity index (χ2n) is 4.78. The summed E-state index contributed by atoms with van der Waals surface area (Å²) in [6.07, 6.45) is 6.01. The van der Waals surface area contributed by atoms with Gasteiger partial charge in [0.1, 0.15) is 5.60 Å². The molecule has 0 heterocycles. The summed E-state index contributed by atoms with van der Waals surface area (Å²) >= 11 is 0. The third kappa shape index (κ3) is 2.38. The van der Waals surface area contributed by atoms with Crippen molar-refractivity contribution in [2.45, 2.75) is 43.8 Å². The van der Waals surface area contributed by atoms with Gasteiger partial charge in [0.2, 0.25) is 0 Å². The molecule has 0 aliphatic heterocycles. The standard InChI is InChI=1S/C15H22O2/c1-16-14-11-7-4-8-12-15(14,17-2)13-9-5-3-6-10-13/h3,5-6,9-10,14H,4,7-8,11-12H2,1-2H3/t14-,15-/m1/s1. The molecule has 2 heteroatoms. The summed E-state index contributed by atoms with van der Waals surface area (Å²) in [4.78, 5) is 0. The summed E-state index contributed by atoms with van der Waals surface area (Å²) < 4.78 is 11.6. The van der Waals surface area contributed by atoms with Gasteiger partial charge >= 0.3 is 0 Å². The van der Waals surface area contributed by atoms with Gasteiger partial charge in [0.15, 0.2) is 0 Å². The van der Waals surface area contributed by atoms with Gasteiger partial charge in [0.05, 0.1) is 6.10 Å². The van der Waals surface area contributed by atoms with Crippen molar-refractivity contribution in [3.05, 3.63) is 35.9 Å². The molecule has 0 aromatic heterocycles. The predicted octanol–water partition coefficient (Wildman–Crippen LogP) is 3.51. The topological polar surface area (TPSA) is 18.5 Å². The first-order valence-corrected chi connectivity index (χ1v) is 6.47. The highest BCUT2D eigenvalue weighted by molar-refractivity contribution is 5.24. The summed E-state index contributed by atoms with van der Waals surface area (Å²) in [5.74, 6) is 0. The molecule has 94 valence electrons. The average Bonchev–Trinajstić information content (AvgIpc) is 2.62. The van der Waals surface area contributed by atoms with Gasteiger partial charge in [-0.05, 0) is 18.4 Å². The van der Waals surface area contributed by atoms with Crippen LogP contribution in [0.5, 0.6) is 0 Å². The quantitative estimate of drug-likeness (QED) is 0.745. The molecule has 0 bridgehead atoms. The maximum Gasteiger partial charge on any atom is 0.119 e. The second kappa shape index (κ2) is 5.65. The van der Waals surface area contributed by atoms with Crippen LogP contribution in [0, 0.1) is 0 Å². The molecule has 1 aliphatic rings. The molecule has 0 saturated heterocycles. The van der Waals surface area contributed by atoms with Gasteiger partial charge in [-0.1, -0.05) is 49.6 Å². The van der Waals surface area contributed by atoms with Crippen molar-refractivity contribution >= 4 is 0 Å². The highest BCUT2D eigenvalue weighted by Gasteiger charge is 2.41. The highest BCUT2D eigenvalue weighted by atomic mass is 16.5. The van der Waals surface area contributed by atoms with Gasteiger partial charge in [0.25, 0.3) is 0 Å². The van der Waals surface area contributed by atoms with E-state index in [0.29, 0.717) is 0 Å². The van der Waals surface area contributed by atoms with Crippen LogP contribution in [-0.4, -0.2) is 20.3 Å². The van der Waals surface area contributed by atoms with Crippen molar-refractivity contribution in [1.29, 1.82) is 0 Å². The van der Waals surface area contributed by atoms with Crippen LogP contribution in [0.2, 0.25) is 0 Å². The van der Waals surface area contributed by atoms with E-state index in [2.05, 4.69) is 24.3 Å². The normalized spacial score (nSPS) is 29.9. The molecular weight excluding hydrogens is 212 g/mol. The van der Waals surface area contributed by atoms with Crippen LogP contribution in [0.4, 0.5) is 0 Å². The zero-order valence-corrected chi connectivity index (χ0v) is 10.8. The van der Waals surface area contributed by atoms with E-state index >= 15 is 0 Å². The molecule has 0 spiro atoms. The molecule has 2 atom stereocenters. The highest BCUT2D eigenvalue weighted by Crippen LogP contribution is 2.40. The molecule has 1 fully saturated rings. The maximum atomic E-state index is 5.92. The number of hydrogen-bond acceptors (Lipinski definition) is 2. The molecule has 0 N–H and O–H groups in total. The first kappa shape index (κ1) is 12.6. The minimum atomic E-state index is -0.257. The zero-order valence-electron chi connectivity index (χ0n) is 10.8. The van der Waals surface area contributed by atoms with E-state index in [0.717, 1.165) is 12.8 Å². The summed E-state index contributed by atoms with van der Waals surface area (Å²) in [5, 5.41) is 0. The average molecular weight is 234 g/mol. The van der Waals surface area contributed by atoms with Crippen molar-refractivity contribution in [2.75, 3.05) is 14.2 Å². The Kier molecular flexibility index (Phi) is 4.19. The summed E-state index contributed by atoms with van der Waals surface area (Å²) in [5.41, 5.74) is 0.989. The molecule has 1 aromatic carbocycles. The molecule has 1 aliphatic carbocycles. The largest absolute Gasteiger partial charge is 0.378 e. The van der Waals surface area contributed by atoms with Gasteiger partial charge in [0, 0.05) is 14.2 Å². The van der Waals surface area contributed by atoms with Crippen LogP contribution in [0.3, 0.4) is 0 Å². The molecular formula is C15H22O2. The van der Waals surface area contributed by atoms with Gasteiger partial charge in [-0.3, -0.25) is 0 Å². The monoisotopic (exact) mass is 234 g/mol. The Hall–Kier alpha value is -0.860. The second-order valence-corrected chi connectivity index (χ2v) is 4.78. The van der Waals surface area contributed by atoms with Gasteiger partial charge in [-0.25, -0.2) is 0 Å². The molecule has 1 saturated carbocycles. The van der Waals surface area contributed by atoms with Gasteiger partial charge < -0.3 is 9.47 Å². The third-order valence-corrected chi connectivity index (χ3v) is 3.95. The molecule has 2 nitrogen and oxygen atoms in total. The summed E-state index contributed by atoms with van der Waals surface area (Å²) in [6.45, 7) is 0. The minimum Gasteiger partial charge on any atom is -0.378 e. The third-order valence-electron chi connectivity index (χ3n) is 3.95. The van der Waals surface area contributed by atoms with Crippen LogP contribution in [0.1, 0.15) is 37.7 Å². The fourth-order valence-corrected chi connectivity index (χ4v) is 3.00. The predicted molar refractivity (Wildman–Crippen MR) is 69.0 cm³/mol. The lowest BCUT2D eigenvalue weighted by molar-refractivity contribution is -0.127. The fraction of sp³-hybridized carbons (Fsp3) is 0.600. The van der Waals surface area contributed by atoms with E-state index in [4.69, 9.17) is 9.47 Å². The van der Waals surface area contributed by atoms with Gasteiger partial charge in [-0.2, -0.15) is 0 Å². The first-order valence-electron chi connectivity index (χ1n) is 6.47. The van der Waals surface area contributed by atoms with E-state index < -0.39 is 0 Å². The Balaban J connectivity index is 2.38. The molecule has 0 amide bonds. The minimum absolute atomic E-state index is 0.164. The Labute approximate surface area is 104 Å². The van der Waals surface area contributed by atoms with E-state index in [1.165, 1.54) is 24.8 Å². The van der Waals surface area contributed by atoms with E-state index in [1.807, 2.05) is 13.2 Å². The fourth-order valence-electron chi connectivity index (χ4n) is 3.00. The van der Waals surface area contributed by atoms with Crippen LogP contribution < -0.4 is 0 Å². The Bertz CT molecular complexity index is 336. The van der Waals surface area contributed by atoms with Crippen molar-refractivity contribution in [3.8, 4) is 0 Å². The van der Waals surface area contributed by atoms with Crippen LogP contribution in [0.25, 0.3) is 0 Å². The lowest BCUT2D eigenvalue weighted by Gasteiger charge is -2.38. The lowest BCUT2D eigenvalue weighted by Crippen LogP contribution is -2.41. The number of ether oxygens (including phenoxy) is 2. The molecule has 0 unspecified atom stereocenters. The van der Waals surface area contributed by atoms with Crippen molar-refractivity contribution in [1.82, 2.24) is 0 Å². The Morgan fingerprint density at radius 2 is 1.82 bits per heavy atom. The zero-order chi connectivity index (χ0) is 12.1. The summed E-state index contributed by atoms with van der Waals surface area (Å²) in [7, 11) is 3.61. The molecule has 1 aromatic rings. The molecule has 17 heavy (non-hydrogen) atoms. The number of rotatable bonds is 3. The smallest absolute Gasteiger partial charge is 0.119 e. The van der Waals surface area contributed by atoms with Crippen molar-refractivity contribution in [3.63, 3.8) is 0 Å². The van der Waals surface area contributed by atoms with E-state index in [1.54, 1.807) is 7.11 Å². The lowest BCUT2D eigenvalue weighted by atomic mass is 9.84. The van der Waals surface area contributed by atoms with Crippen molar-refractivity contribution in [2.24, 2.45) is 0 Å². The number of methoxy groups -OCH3 is 2. The molecule has 2 rings (SSSR count). The Morgan fingerprint density at radius 3 is 2.47 bits per heavy atom. The Morgan fingerprint density at radius 1 is 1.06 bits per heavy atom. The van der Waals surface area contributed by atoms with Crippen LogP contribution >= 0.6 is 0 Å². The number of benzene rings is 1. The van der Waals surface area contributed by atoms with Crippen LogP contribution in [0.15, 0.2) is 30.3 Å². The van der Waals surface area contributed by atoms with Crippen LogP contribution in [-0.2, 0) is 15.1 Å². The molecule has 0 radical (unpaired) electrons. The maximum absolute atomic E-state index is 5.92. The van der Waals surface area contributed by atoms with Crippen molar-refractivity contribution < 1.29 is 9.47 Å².